The van der Waals surface area contributed by atoms with Crippen molar-refractivity contribution in [1.82, 2.24) is 9.96 Å². The summed E-state index contributed by atoms with van der Waals surface area (Å²) in [6.07, 6.45) is 7.61. The Bertz CT molecular complexity index is 1390. The molecular formula is C44H76N4O14S. The van der Waals surface area contributed by atoms with E-state index in [1.54, 1.807) is 11.3 Å². The van der Waals surface area contributed by atoms with Crippen molar-refractivity contribution in [2.45, 2.75) is 58.8 Å². The Hall–Kier alpha value is -2.63. The number of nitrogens with two attached hydrogens (primary N) is 1. The van der Waals surface area contributed by atoms with Gasteiger partial charge in [-0.15, -0.1) is 11.3 Å². The Morgan fingerprint density at radius 1 is 0.730 bits per heavy atom. The first kappa shape index (κ1) is 54.7. The zero-order valence-corrected chi connectivity index (χ0v) is 38.8. The minimum atomic E-state index is -0.876. The van der Waals surface area contributed by atoms with Crippen molar-refractivity contribution < 1.29 is 66.9 Å². The monoisotopic (exact) mass is 917 g/mol. The second-order valence-electron chi connectivity index (χ2n) is 14.8. The third-order valence-electron chi connectivity index (χ3n) is 9.81. The van der Waals surface area contributed by atoms with Crippen LogP contribution < -0.4 is 5.73 Å². The van der Waals surface area contributed by atoms with Crippen molar-refractivity contribution in [2.24, 2.45) is 16.6 Å². The zero-order chi connectivity index (χ0) is 45.0. The summed E-state index contributed by atoms with van der Waals surface area (Å²) in [7, 11) is 0. The summed E-state index contributed by atoms with van der Waals surface area (Å²) >= 11 is 1.71. The second kappa shape index (κ2) is 36.6. The molecule has 0 aromatic carbocycles. The van der Waals surface area contributed by atoms with Crippen LogP contribution in [0.15, 0.2) is 16.6 Å². The minimum absolute atomic E-state index is 0.00536. The van der Waals surface area contributed by atoms with Gasteiger partial charge in [-0.05, 0) is 70.2 Å². The number of carboxylic acids is 1. The van der Waals surface area contributed by atoms with E-state index in [2.05, 4.69) is 16.0 Å². The molecule has 2 aliphatic rings. The Morgan fingerprint density at radius 2 is 1.19 bits per heavy atom. The van der Waals surface area contributed by atoms with Gasteiger partial charge in [0, 0.05) is 30.0 Å². The van der Waals surface area contributed by atoms with E-state index in [1.807, 2.05) is 19.9 Å². The third-order valence-corrected chi connectivity index (χ3v) is 10.9. The number of hydrogen-bond acceptors (Lipinski definition) is 17. The van der Waals surface area contributed by atoms with E-state index in [4.69, 9.17) is 63.0 Å². The van der Waals surface area contributed by atoms with Gasteiger partial charge in [0.05, 0.1) is 156 Å². The molecule has 3 rings (SSSR count). The molecule has 0 aliphatic carbocycles. The summed E-state index contributed by atoms with van der Waals surface area (Å²) in [5.41, 5.74) is 7.71. The highest BCUT2D eigenvalue weighted by molar-refractivity contribution is 7.13. The van der Waals surface area contributed by atoms with Gasteiger partial charge in [0.15, 0.2) is 0 Å². The number of ether oxygens (including phenoxy) is 10. The molecule has 1 aromatic rings. The van der Waals surface area contributed by atoms with E-state index in [9.17, 15) is 9.59 Å². The predicted molar refractivity (Wildman–Crippen MR) is 240 cm³/mol. The van der Waals surface area contributed by atoms with Crippen LogP contribution in [-0.2, 0) is 68.2 Å². The average molecular weight is 917 g/mol. The summed E-state index contributed by atoms with van der Waals surface area (Å²) in [6, 6.07) is 2.14. The number of piperidine rings is 1. The first-order valence-electron chi connectivity index (χ1n) is 22.7. The number of hydrogen-bond donors (Lipinski definition) is 2. The number of carbonyl (C=O) groups is 2. The number of thiophene rings is 1. The van der Waals surface area contributed by atoms with Crippen LogP contribution in [0.4, 0.5) is 5.69 Å². The van der Waals surface area contributed by atoms with Gasteiger partial charge in [-0.1, -0.05) is 6.92 Å². The van der Waals surface area contributed by atoms with E-state index in [1.165, 1.54) is 22.8 Å². The van der Waals surface area contributed by atoms with Crippen LogP contribution in [0.3, 0.4) is 0 Å². The van der Waals surface area contributed by atoms with Gasteiger partial charge in [0.25, 0.3) is 5.91 Å². The quantitative estimate of drug-likeness (QED) is 0.0705. The molecule has 362 valence electrons. The smallest absolute Gasteiger partial charge is 0.305 e. The Morgan fingerprint density at radius 3 is 1.63 bits per heavy atom. The molecule has 63 heavy (non-hydrogen) atoms. The van der Waals surface area contributed by atoms with E-state index < -0.39 is 5.97 Å². The maximum atomic E-state index is 13.2. The van der Waals surface area contributed by atoms with Crippen molar-refractivity contribution in [3.8, 4) is 0 Å². The summed E-state index contributed by atoms with van der Waals surface area (Å²) in [5.74, 6) is 0.136. The number of carboxylic acid groups (broad SMARTS) is 1. The van der Waals surface area contributed by atoms with Gasteiger partial charge >= 0.3 is 5.97 Å². The summed E-state index contributed by atoms with van der Waals surface area (Å²) in [5, 5.41) is 9.97. The lowest BCUT2D eigenvalue weighted by Gasteiger charge is -2.31. The molecule has 1 fully saturated rings. The number of amidine groups is 1. The standard InChI is InChI=1S/C44H76N4O14S/c1-3-10-48(62-4-2)44(51)38-34-41-40(46-42(45)35-38)36-39(63-41)6-5-37-7-11-47(12-8-37)13-15-53-17-19-55-21-23-57-25-27-59-29-31-61-33-32-60-30-28-58-26-24-56-22-20-54-18-16-52-14-9-43(49)50/h34,36-37H,3-33,35H2,1-2H3,(H2,45,46)(H,49,50). The second-order valence-corrected chi connectivity index (χ2v) is 16.0. The Balaban J connectivity index is 1.03. The Kier molecular flexibility index (Phi) is 31.8. The molecule has 0 bridgehead atoms. The third kappa shape index (κ3) is 26.8. The van der Waals surface area contributed by atoms with Crippen LogP contribution in [0, 0.1) is 5.92 Å². The van der Waals surface area contributed by atoms with E-state index in [0.29, 0.717) is 162 Å². The van der Waals surface area contributed by atoms with Crippen molar-refractivity contribution in [3.63, 3.8) is 0 Å². The number of hydroxylamine groups is 2. The average Bonchev–Trinajstić information content (AvgIpc) is 3.57. The number of aryl methyl sites for hydroxylation is 1. The number of carbonyl (C=O) groups excluding carboxylic acids is 1. The van der Waals surface area contributed by atoms with Gasteiger partial charge < -0.3 is 63.1 Å². The summed E-state index contributed by atoms with van der Waals surface area (Å²) in [6.45, 7) is 17.6. The molecule has 0 unspecified atom stereocenters. The van der Waals surface area contributed by atoms with Gasteiger partial charge in [-0.2, -0.15) is 0 Å². The highest BCUT2D eigenvalue weighted by Gasteiger charge is 2.24. The molecule has 2 aliphatic heterocycles. The summed E-state index contributed by atoms with van der Waals surface area (Å²) < 4.78 is 54.9. The number of aliphatic imine (C=N–C) groups is 1. The van der Waals surface area contributed by atoms with Gasteiger partial charge in [0.1, 0.15) is 5.84 Å². The van der Waals surface area contributed by atoms with Crippen LogP contribution in [0.5, 0.6) is 0 Å². The fourth-order valence-electron chi connectivity index (χ4n) is 6.52. The van der Waals surface area contributed by atoms with E-state index in [-0.39, 0.29) is 18.9 Å². The molecule has 3 N–H and O–H groups in total. The maximum absolute atomic E-state index is 13.2. The normalized spacial score (nSPS) is 14.7. The van der Waals surface area contributed by atoms with Crippen LogP contribution in [0.1, 0.15) is 62.1 Å². The minimum Gasteiger partial charge on any atom is -0.481 e. The van der Waals surface area contributed by atoms with Crippen molar-refractivity contribution in [2.75, 3.05) is 165 Å². The lowest BCUT2D eigenvalue weighted by atomic mass is 9.92. The van der Waals surface area contributed by atoms with Crippen molar-refractivity contribution in [1.29, 1.82) is 0 Å². The molecule has 0 spiro atoms. The molecule has 1 amide bonds. The van der Waals surface area contributed by atoms with Gasteiger partial charge in [-0.3, -0.25) is 14.4 Å². The molecule has 3 heterocycles. The van der Waals surface area contributed by atoms with Crippen LogP contribution in [0.2, 0.25) is 0 Å². The van der Waals surface area contributed by atoms with Gasteiger partial charge in [0.2, 0.25) is 0 Å². The lowest BCUT2D eigenvalue weighted by molar-refractivity contribution is -0.180. The van der Waals surface area contributed by atoms with Crippen LogP contribution >= 0.6 is 11.3 Å². The molecule has 1 saturated heterocycles. The largest absolute Gasteiger partial charge is 0.481 e. The van der Waals surface area contributed by atoms with Gasteiger partial charge in [-0.25, -0.2) is 10.1 Å². The number of fused-ring (bicyclic) bond motifs is 1. The molecule has 18 nitrogen and oxygen atoms in total. The van der Waals surface area contributed by atoms with Crippen LogP contribution in [-0.4, -0.2) is 198 Å². The van der Waals surface area contributed by atoms with E-state index in [0.717, 1.165) is 49.5 Å². The highest BCUT2D eigenvalue weighted by atomic mass is 32.1. The highest BCUT2D eigenvalue weighted by Crippen LogP contribution is 2.36. The number of nitrogens with zero attached hydrogens (tertiary/aromatic N) is 3. The first-order chi connectivity index (χ1) is 30.9. The topological polar surface area (TPSA) is 201 Å². The molecule has 1 aromatic heterocycles. The zero-order valence-electron chi connectivity index (χ0n) is 37.9. The maximum Gasteiger partial charge on any atom is 0.305 e. The fourth-order valence-corrected chi connectivity index (χ4v) is 7.60. The van der Waals surface area contributed by atoms with E-state index >= 15 is 0 Å². The molecule has 0 atom stereocenters. The number of aliphatic carboxylic acids is 1. The SMILES string of the molecule is CCCN(OCC)C(=O)C1=Cc2sc(CCC3CCN(CCOCCOCCOCCOCCOCCOCCOCCOCCOCCOCCC(=O)O)CC3)cc2N=C(N)C1. The fraction of sp³-hybridized carbons (Fsp3) is 0.795. The molecule has 0 saturated carbocycles. The molecule has 0 radical (unpaired) electrons. The van der Waals surface area contributed by atoms with Crippen LogP contribution in [0.25, 0.3) is 6.08 Å². The predicted octanol–water partition coefficient (Wildman–Crippen LogP) is 4.00. The number of rotatable bonds is 41. The van der Waals surface area contributed by atoms with Crippen molar-refractivity contribution >= 4 is 40.8 Å². The number of amides is 1. The number of likely N-dealkylation sites (tertiary alicyclic amines) is 1. The Labute approximate surface area is 378 Å². The lowest BCUT2D eigenvalue weighted by Crippen LogP contribution is -2.36. The first-order valence-corrected chi connectivity index (χ1v) is 23.5. The molecule has 19 heteroatoms. The molecular weight excluding hydrogens is 841 g/mol. The van der Waals surface area contributed by atoms with Crippen molar-refractivity contribution in [3.05, 3.63) is 21.4 Å². The summed E-state index contributed by atoms with van der Waals surface area (Å²) in [4.78, 5) is 38.6.